The van der Waals surface area contributed by atoms with Crippen LogP contribution in [0.25, 0.3) is 0 Å². The molecule has 160 valence electrons. The van der Waals surface area contributed by atoms with Crippen molar-refractivity contribution in [1.29, 1.82) is 0 Å². The number of hydrogen-bond donors (Lipinski definition) is 2. The molecule has 0 radical (unpaired) electrons. The van der Waals surface area contributed by atoms with E-state index in [1.54, 1.807) is 48.5 Å². The molecule has 0 unspecified atom stereocenters. The van der Waals surface area contributed by atoms with Crippen LogP contribution in [0.4, 0.5) is 11.4 Å². The van der Waals surface area contributed by atoms with Crippen LogP contribution in [0.2, 0.25) is 0 Å². The third-order valence-electron chi connectivity index (χ3n) is 4.48. The van der Waals surface area contributed by atoms with Crippen LogP contribution in [-0.4, -0.2) is 31.6 Å². The summed E-state index contributed by atoms with van der Waals surface area (Å²) in [5, 5.41) is 5.69. The van der Waals surface area contributed by atoms with Gasteiger partial charge in [-0.15, -0.1) is 0 Å². The Labute approximate surface area is 182 Å². The summed E-state index contributed by atoms with van der Waals surface area (Å²) in [6, 6.07) is 21.3. The van der Waals surface area contributed by atoms with Crippen LogP contribution in [0.3, 0.4) is 0 Å². The second kappa shape index (κ2) is 10.9. The smallest absolute Gasteiger partial charge is 0.255 e. The van der Waals surface area contributed by atoms with Gasteiger partial charge in [0.1, 0.15) is 12.4 Å². The van der Waals surface area contributed by atoms with Gasteiger partial charge in [0.2, 0.25) is 0 Å². The molecule has 2 N–H and O–H groups in total. The minimum atomic E-state index is -0.267. The zero-order chi connectivity index (χ0) is 22.1. The number of nitrogens with one attached hydrogen (secondary N) is 2. The van der Waals surface area contributed by atoms with Gasteiger partial charge in [0.05, 0.1) is 6.61 Å². The summed E-state index contributed by atoms with van der Waals surface area (Å²) in [5.74, 6) is 0.165. The number of carbonyl (C=O) groups is 2. The number of rotatable bonds is 9. The summed E-state index contributed by atoms with van der Waals surface area (Å²) >= 11 is 0. The fourth-order valence-electron chi connectivity index (χ4n) is 2.93. The Morgan fingerprint density at radius 3 is 2.10 bits per heavy atom. The van der Waals surface area contributed by atoms with E-state index < -0.39 is 0 Å². The SMILES string of the molecule is CCOCCOc1ccc(C(=O)Nc2cccc(C(=O)Nc3cccc(C)c3)c2)cc1. The van der Waals surface area contributed by atoms with Gasteiger partial charge in [-0.3, -0.25) is 9.59 Å². The Kier molecular flexibility index (Phi) is 7.79. The number of amides is 2. The Morgan fingerprint density at radius 1 is 0.774 bits per heavy atom. The summed E-state index contributed by atoms with van der Waals surface area (Å²) in [7, 11) is 0. The van der Waals surface area contributed by atoms with E-state index in [9.17, 15) is 9.59 Å². The largest absolute Gasteiger partial charge is 0.491 e. The van der Waals surface area contributed by atoms with Crippen LogP contribution >= 0.6 is 0 Å². The molecule has 0 fully saturated rings. The first kappa shape index (κ1) is 22.1. The normalized spacial score (nSPS) is 10.4. The third kappa shape index (κ3) is 6.69. The number of ether oxygens (including phenoxy) is 2. The summed E-state index contributed by atoms with van der Waals surface area (Å²) < 4.78 is 10.8. The molecule has 0 aromatic heterocycles. The topological polar surface area (TPSA) is 76.7 Å². The highest BCUT2D eigenvalue weighted by atomic mass is 16.5. The summed E-state index contributed by atoms with van der Waals surface area (Å²) in [5.41, 5.74) is 3.27. The van der Waals surface area contributed by atoms with Gasteiger partial charge in [0, 0.05) is 29.1 Å². The predicted molar refractivity (Wildman–Crippen MR) is 122 cm³/mol. The number of hydrogen-bond acceptors (Lipinski definition) is 4. The Balaban J connectivity index is 1.59. The van der Waals surface area contributed by atoms with Crippen LogP contribution < -0.4 is 15.4 Å². The molecule has 0 aliphatic heterocycles. The highest BCUT2D eigenvalue weighted by molar-refractivity contribution is 6.07. The van der Waals surface area contributed by atoms with E-state index in [2.05, 4.69) is 10.6 Å². The lowest BCUT2D eigenvalue weighted by Gasteiger charge is -2.10. The van der Waals surface area contributed by atoms with E-state index >= 15 is 0 Å². The molecule has 0 atom stereocenters. The van der Waals surface area contributed by atoms with Gasteiger partial charge in [-0.2, -0.15) is 0 Å². The molecule has 0 saturated carbocycles. The summed E-state index contributed by atoms with van der Waals surface area (Å²) in [6.07, 6.45) is 0. The van der Waals surface area contributed by atoms with Crippen molar-refractivity contribution in [3.63, 3.8) is 0 Å². The van der Waals surface area contributed by atoms with Gasteiger partial charge in [0.15, 0.2) is 0 Å². The minimum absolute atomic E-state index is 0.241. The molecule has 0 spiro atoms. The fraction of sp³-hybridized carbons (Fsp3) is 0.200. The maximum absolute atomic E-state index is 12.6. The van der Waals surface area contributed by atoms with E-state index in [1.165, 1.54) is 0 Å². The van der Waals surface area contributed by atoms with Crippen molar-refractivity contribution in [2.24, 2.45) is 0 Å². The molecule has 6 heteroatoms. The molecule has 3 aromatic carbocycles. The molecule has 0 aliphatic rings. The molecule has 0 aliphatic carbocycles. The molecule has 0 heterocycles. The van der Waals surface area contributed by atoms with Gasteiger partial charge in [0.25, 0.3) is 11.8 Å². The number of anilines is 2. The zero-order valence-electron chi connectivity index (χ0n) is 17.7. The van der Waals surface area contributed by atoms with Crippen LogP contribution in [0.5, 0.6) is 5.75 Å². The molecule has 3 rings (SSSR count). The number of aryl methyl sites for hydroxylation is 1. The second-order valence-electron chi connectivity index (χ2n) is 6.93. The lowest BCUT2D eigenvalue weighted by molar-refractivity contribution is 0.101. The first-order valence-corrected chi connectivity index (χ1v) is 10.1. The molecule has 0 saturated heterocycles. The molecule has 6 nitrogen and oxygen atoms in total. The first-order valence-electron chi connectivity index (χ1n) is 10.1. The maximum Gasteiger partial charge on any atom is 0.255 e. The van der Waals surface area contributed by atoms with E-state index in [0.717, 1.165) is 11.3 Å². The second-order valence-corrected chi connectivity index (χ2v) is 6.93. The Hall–Kier alpha value is -3.64. The molecule has 31 heavy (non-hydrogen) atoms. The number of carbonyl (C=O) groups excluding carboxylic acids is 2. The van der Waals surface area contributed by atoms with Crippen LogP contribution in [0, 0.1) is 6.92 Å². The van der Waals surface area contributed by atoms with Gasteiger partial charge < -0.3 is 20.1 Å². The van der Waals surface area contributed by atoms with Crippen molar-refractivity contribution in [1.82, 2.24) is 0 Å². The van der Waals surface area contributed by atoms with E-state index in [4.69, 9.17) is 9.47 Å². The van der Waals surface area contributed by atoms with E-state index in [1.807, 2.05) is 38.1 Å². The average Bonchev–Trinajstić information content (AvgIpc) is 2.77. The molecule has 2 amide bonds. The lowest BCUT2D eigenvalue weighted by Crippen LogP contribution is -2.14. The lowest BCUT2D eigenvalue weighted by atomic mass is 10.1. The van der Waals surface area contributed by atoms with E-state index in [-0.39, 0.29) is 11.8 Å². The van der Waals surface area contributed by atoms with Gasteiger partial charge in [-0.1, -0.05) is 18.2 Å². The maximum atomic E-state index is 12.6. The van der Waals surface area contributed by atoms with Crippen molar-refractivity contribution in [2.45, 2.75) is 13.8 Å². The highest BCUT2D eigenvalue weighted by Gasteiger charge is 2.10. The van der Waals surface area contributed by atoms with Crippen molar-refractivity contribution in [3.05, 3.63) is 89.5 Å². The zero-order valence-corrected chi connectivity index (χ0v) is 17.7. The van der Waals surface area contributed by atoms with Crippen LogP contribution in [0.1, 0.15) is 33.2 Å². The van der Waals surface area contributed by atoms with Gasteiger partial charge in [-0.05, 0) is 74.0 Å². The van der Waals surface area contributed by atoms with Crippen molar-refractivity contribution in [3.8, 4) is 5.75 Å². The Bertz CT molecular complexity index is 1030. The standard InChI is InChI=1S/C25H26N2O4/c1-3-30-14-15-31-23-12-10-19(11-13-23)24(28)27-22-9-5-7-20(17-22)25(29)26-21-8-4-6-18(2)16-21/h4-13,16-17H,3,14-15H2,1-2H3,(H,26,29)(H,27,28). The highest BCUT2D eigenvalue weighted by Crippen LogP contribution is 2.17. The first-order chi connectivity index (χ1) is 15.0. The summed E-state index contributed by atoms with van der Waals surface area (Å²) in [4.78, 5) is 25.1. The minimum Gasteiger partial charge on any atom is -0.491 e. The van der Waals surface area contributed by atoms with Crippen molar-refractivity contribution < 1.29 is 19.1 Å². The van der Waals surface area contributed by atoms with Gasteiger partial charge >= 0.3 is 0 Å². The molecule has 0 bridgehead atoms. The van der Waals surface area contributed by atoms with Crippen molar-refractivity contribution >= 4 is 23.2 Å². The molecular weight excluding hydrogens is 392 g/mol. The Morgan fingerprint density at radius 2 is 1.42 bits per heavy atom. The van der Waals surface area contributed by atoms with Crippen LogP contribution in [0.15, 0.2) is 72.8 Å². The quantitative estimate of drug-likeness (QED) is 0.484. The molecular formula is C25H26N2O4. The third-order valence-corrected chi connectivity index (χ3v) is 4.48. The van der Waals surface area contributed by atoms with Crippen molar-refractivity contribution in [2.75, 3.05) is 30.5 Å². The number of benzene rings is 3. The average molecular weight is 418 g/mol. The van der Waals surface area contributed by atoms with Gasteiger partial charge in [-0.25, -0.2) is 0 Å². The fourth-order valence-corrected chi connectivity index (χ4v) is 2.93. The predicted octanol–water partition coefficient (Wildman–Crippen LogP) is 4.91. The monoisotopic (exact) mass is 418 g/mol. The molecule has 3 aromatic rings. The van der Waals surface area contributed by atoms with Crippen LogP contribution in [-0.2, 0) is 4.74 Å². The van der Waals surface area contributed by atoms with E-state index in [0.29, 0.717) is 42.4 Å². The summed E-state index contributed by atoms with van der Waals surface area (Å²) in [6.45, 7) is 5.52.